The van der Waals surface area contributed by atoms with Crippen LogP contribution in [0.4, 0.5) is 0 Å². The van der Waals surface area contributed by atoms with Crippen LogP contribution in [0.3, 0.4) is 0 Å². The topological polar surface area (TPSA) is 64.3 Å². The van der Waals surface area contributed by atoms with Crippen LogP contribution in [0.5, 0.6) is 5.75 Å². The summed E-state index contributed by atoms with van der Waals surface area (Å²) in [7, 11) is 0. The number of carbonyl (C=O) groups is 1. The first-order valence-electron chi connectivity index (χ1n) is 4.47. The Hall–Kier alpha value is -1.55. The molecule has 4 heteroatoms. The van der Waals surface area contributed by atoms with Crippen molar-refractivity contribution in [2.24, 2.45) is 5.84 Å². The van der Waals surface area contributed by atoms with Gasteiger partial charge in [0.1, 0.15) is 5.75 Å². The van der Waals surface area contributed by atoms with Crippen molar-refractivity contribution in [1.82, 2.24) is 5.43 Å². The third-order valence-corrected chi connectivity index (χ3v) is 1.76. The SMILES string of the molecule is CCOc1ccc(CC(=O)NN)cc1. The van der Waals surface area contributed by atoms with E-state index in [1.54, 1.807) is 0 Å². The van der Waals surface area contributed by atoms with Crippen LogP contribution in [0.25, 0.3) is 0 Å². The first-order chi connectivity index (χ1) is 6.76. The summed E-state index contributed by atoms with van der Waals surface area (Å²) in [5.74, 6) is 5.58. The summed E-state index contributed by atoms with van der Waals surface area (Å²) in [6.45, 7) is 2.57. The average molecular weight is 194 g/mol. The third kappa shape index (κ3) is 3.06. The third-order valence-electron chi connectivity index (χ3n) is 1.76. The van der Waals surface area contributed by atoms with Gasteiger partial charge in [-0.15, -0.1) is 0 Å². The van der Waals surface area contributed by atoms with E-state index in [2.05, 4.69) is 5.43 Å². The predicted molar refractivity (Wildman–Crippen MR) is 53.6 cm³/mol. The molecule has 0 aliphatic heterocycles. The van der Waals surface area contributed by atoms with Gasteiger partial charge in [0, 0.05) is 0 Å². The quantitative estimate of drug-likeness (QED) is 0.419. The molecule has 0 fully saturated rings. The van der Waals surface area contributed by atoms with Crippen LogP contribution in [0.15, 0.2) is 24.3 Å². The molecule has 0 radical (unpaired) electrons. The van der Waals surface area contributed by atoms with E-state index < -0.39 is 0 Å². The molecule has 0 aliphatic carbocycles. The second-order valence-electron chi connectivity index (χ2n) is 2.82. The molecule has 0 heterocycles. The molecule has 0 spiro atoms. The lowest BCUT2D eigenvalue weighted by Crippen LogP contribution is -2.31. The summed E-state index contributed by atoms with van der Waals surface area (Å²) >= 11 is 0. The Bertz CT molecular complexity index is 295. The number of nitrogens with two attached hydrogens (primary N) is 1. The summed E-state index contributed by atoms with van der Waals surface area (Å²) < 4.78 is 5.27. The van der Waals surface area contributed by atoms with Crippen LogP contribution in [-0.4, -0.2) is 12.5 Å². The molecule has 0 unspecified atom stereocenters. The zero-order valence-corrected chi connectivity index (χ0v) is 8.12. The standard InChI is InChI=1S/C10H14N2O2/c1-2-14-9-5-3-8(4-6-9)7-10(13)12-11/h3-6H,2,7,11H2,1H3,(H,12,13). The first kappa shape index (κ1) is 10.5. The second-order valence-corrected chi connectivity index (χ2v) is 2.82. The molecule has 0 bridgehead atoms. The monoisotopic (exact) mass is 194 g/mol. The zero-order valence-electron chi connectivity index (χ0n) is 8.12. The molecule has 0 aliphatic rings. The smallest absolute Gasteiger partial charge is 0.238 e. The normalized spacial score (nSPS) is 9.57. The molecule has 1 amide bonds. The van der Waals surface area contributed by atoms with Crippen molar-refractivity contribution < 1.29 is 9.53 Å². The molecular weight excluding hydrogens is 180 g/mol. The maximum Gasteiger partial charge on any atom is 0.238 e. The van der Waals surface area contributed by atoms with Crippen LogP contribution < -0.4 is 16.0 Å². The van der Waals surface area contributed by atoms with Gasteiger partial charge >= 0.3 is 0 Å². The van der Waals surface area contributed by atoms with Crippen LogP contribution in [0.2, 0.25) is 0 Å². The van der Waals surface area contributed by atoms with Gasteiger partial charge in [0.2, 0.25) is 5.91 Å². The molecule has 0 saturated carbocycles. The number of rotatable bonds is 4. The molecule has 0 aromatic heterocycles. The van der Waals surface area contributed by atoms with Crippen molar-refractivity contribution in [2.75, 3.05) is 6.61 Å². The fourth-order valence-corrected chi connectivity index (χ4v) is 1.11. The highest BCUT2D eigenvalue weighted by atomic mass is 16.5. The lowest BCUT2D eigenvalue weighted by molar-refractivity contribution is -0.120. The number of benzene rings is 1. The first-order valence-corrected chi connectivity index (χ1v) is 4.47. The van der Waals surface area contributed by atoms with E-state index in [9.17, 15) is 4.79 Å². The summed E-state index contributed by atoms with van der Waals surface area (Å²) in [5.41, 5.74) is 3.00. The van der Waals surface area contributed by atoms with Gasteiger partial charge in [0.25, 0.3) is 0 Å². The van der Waals surface area contributed by atoms with Gasteiger partial charge < -0.3 is 4.74 Å². The Morgan fingerprint density at radius 1 is 1.43 bits per heavy atom. The van der Waals surface area contributed by atoms with E-state index in [-0.39, 0.29) is 5.91 Å². The number of carbonyl (C=O) groups excluding carboxylic acids is 1. The van der Waals surface area contributed by atoms with Crippen LogP contribution in [0.1, 0.15) is 12.5 Å². The van der Waals surface area contributed by atoms with Crippen molar-refractivity contribution in [3.05, 3.63) is 29.8 Å². The summed E-state index contributed by atoms with van der Waals surface area (Å²) in [5, 5.41) is 0. The Balaban J connectivity index is 2.59. The van der Waals surface area contributed by atoms with Gasteiger partial charge in [-0.3, -0.25) is 10.2 Å². The number of hydrogen-bond donors (Lipinski definition) is 2. The molecule has 1 aromatic carbocycles. The largest absolute Gasteiger partial charge is 0.494 e. The average Bonchev–Trinajstić information content (AvgIpc) is 2.21. The predicted octanol–water partition coefficient (Wildman–Crippen LogP) is 0.618. The Kier molecular flexibility index (Phi) is 3.94. The highest BCUT2D eigenvalue weighted by Crippen LogP contribution is 2.12. The lowest BCUT2D eigenvalue weighted by atomic mass is 10.1. The van der Waals surface area contributed by atoms with Crippen molar-refractivity contribution in [1.29, 1.82) is 0 Å². The molecule has 14 heavy (non-hydrogen) atoms. The minimum absolute atomic E-state index is 0.200. The van der Waals surface area contributed by atoms with Gasteiger partial charge in [-0.25, -0.2) is 5.84 Å². The van der Waals surface area contributed by atoms with E-state index in [0.29, 0.717) is 13.0 Å². The number of ether oxygens (including phenoxy) is 1. The maximum atomic E-state index is 10.9. The van der Waals surface area contributed by atoms with E-state index in [0.717, 1.165) is 11.3 Å². The van der Waals surface area contributed by atoms with Crippen LogP contribution in [-0.2, 0) is 11.2 Å². The van der Waals surface area contributed by atoms with Crippen molar-refractivity contribution in [3.8, 4) is 5.75 Å². The molecule has 1 aromatic rings. The van der Waals surface area contributed by atoms with Gasteiger partial charge in [0.15, 0.2) is 0 Å². The molecule has 1 rings (SSSR count). The Morgan fingerprint density at radius 3 is 2.57 bits per heavy atom. The van der Waals surface area contributed by atoms with Gasteiger partial charge in [-0.2, -0.15) is 0 Å². The lowest BCUT2D eigenvalue weighted by Gasteiger charge is -2.04. The van der Waals surface area contributed by atoms with Crippen LogP contribution in [0, 0.1) is 0 Å². The Labute approximate surface area is 83.0 Å². The summed E-state index contributed by atoms with van der Waals surface area (Å²) in [6.07, 6.45) is 0.295. The minimum Gasteiger partial charge on any atom is -0.494 e. The summed E-state index contributed by atoms with van der Waals surface area (Å²) in [4.78, 5) is 10.9. The number of nitrogens with one attached hydrogen (secondary N) is 1. The number of hydrazine groups is 1. The second kappa shape index (κ2) is 5.24. The van der Waals surface area contributed by atoms with Crippen molar-refractivity contribution >= 4 is 5.91 Å². The highest BCUT2D eigenvalue weighted by molar-refractivity contribution is 5.77. The minimum atomic E-state index is -0.200. The fraction of sp³-hybridized carbons (Fsp3) is 0.300. The van der Waals surface area contributed by atoms with E-state index in [4.69, 9.17) is 10.6 Å². The molecule has 3 N–H and O–H groups in total. The fourth-order valence-electron chi connectivity index (χ4n) is 1.11. The molecule has 4 nitrogen and oxygen atoms in total. The Morgan fingerprint density at radius 2 is 2.07 bits per heavy atom. The molecule has 76 valence electrons. The van der Waals surface area contributed by atoms with E-state index >= 15 is 0 Å². The van der Waals surface area contributed by atoms with Crippen molar-refractivity contribution in [2.45, 2.75) is 13.3 Å². The summed E-state index contributed by atoms with van der Waals surface area (Å²) in [6, 6.07) is 7.37. The maximum absolute atomic E-state index is 10.9. The molecule has 0 saturated heterocycles. The van der Waals surface area contributed by atoms with E-state index in [1.807, 2.05) is 31.2 Å². The number of amides is 1. The molecular formula is C10H14N2O2. The van der Waals surface area contributed by atoms with Crippen LogP contribution >= 0.6 is 0 Å². The molecule has 0 atom stereocenters. The zero-order chi connectivity index (χ0) is 10.4. The van der Waals surface area contributed by atoms with Gasteiger partial charge in [-0.05, 0) is 24.6 Å². The highest BCUT2D eigenvalue weighted by Gasteiger charge is 2.00. The van der Waals surface area contributed by atoms with Gasteiger partial charge in [-0.1, -0.05) is 12.1 Å². The van der Waals surface area contributed by atoms with Gasteiger partial charge in [0.05, 0.1) is 13.0 Å². The number of hydrogen-bond acceptors (Lipinski definition) is 3. The van der Waals surface area contributed by atoms with Crippen molar-refractivity contribution in [3.63, 3.8) is 0 Å². The van der Waals surface area contributed by atoms with E-state index in [1.165, 1.54) is 0 Å².